The number of aryl methyl sites for hydroxylation is 1. The Morgan fingerprint density at radius 2 is 1.81 bits per heavy atom. The van der Waals surface area contributed by atoms with Crippen LogP contribution < -0.4 is 0 Å². The van der Waals surface area contributed by atoms with Gasteiger partial charge in [0.15, 0.2) is 5.82 Å². The normalized spacial score (nSPS) is 11.8. The summed E-state index contributed by atoms with van der Waals surface area (Å²) in [6.07, 6.45) is 3.44. The van der Waals surface area contributed by atoms with E-state index >= 15 is 0 Å². The van der Waals surface area contributed by atoms with E-state index in [4.69, 9.17) is 0 Å². The van der Waals surface area contributed by atoms with Crippen molar-refractivity contribution in [2.75, 3.05) is 6.26 Å². The lowest BCUT2D eigenvalue weighted by Gasteiger charge is -2.07. The first-order chi connectivity index (χ1) is 12.5. The Morgan fingerprint density at radius 3 is 2.38 bits per heavy atom. The monoisotopic (exact) mass is 390 g/mol. The maximum Gasteiger partial charge on any atom is 0.250 e. The van der Waals surface area contributed by atoms with Gasteiger partial charge in [0.05, 0.1) is 6.20 Å². The van der Waals surface area contributed by atoms with Crippen LogP contribution in [0.25, 0.3) is 0 Å². The second kappa shape index (κ2) is 7.58. The number of nitrogens with zero attached hydrogens (tertiary/aromatic N) is 8. The zero-order chi connectivity index (χ0) is 18.7. The van der Waals surface area contributed by atoms with Crippen molar-refractivity contribution < 1.29 is 10.2 Å². The van der Waals surface area contributed by atoms with Gasteiger partial charge in [0, 0.05) is 36.3 Å². The third kappa shape index (κ3) is 3.70. The number of benzene rings is 1. The Balaban J connectivity index is 1.94. The molecule has 0 radical (unpaired) electrons. The zero-order valence-corrected chi connectivity index (χ0v) is 15.7. The van der Waals surface area contributed by atoms with Crippen molar-refractivity contribution in [3.63, 3.8) is 0 Å². The molecular formula is C14H14N8O2S2. The molecule has 26 heavy (non-hydrogen) atoms. The molecule has 0 spiro atoms. The quantitative estimate of drug-likeness (QED) is 0.485. The Hall–Kier alpha value is -2.86. The molecule has 0 bridgehead atoms. The van der Waals surface area contributed by atoms with Gasteiger partial charge >= 0.3 is 0 Å². The Labute approximate surface area is 156 Å². The van der Waals surface area contributed by atoms with E-state index in [2.05, 4.69) is 34.9 Å². The molecule has 1 aromatic carbocycles. The predicted octanol–water partition coefficient (Wildman–Crippen LogP) is 4.54. The van der Waals surface area contributed by atoms with E-state index in [0.717, 1.165) is 11.5 Å². The molecular weight excluding hydrogens is 376 g/mol. The largest absolute Gasteiger partial charge is 0.505 e. The summed E-state index contributed by atoms with van der Waals surface area (Å²) in [5, 5.41) is 41.3. The number of hydrogen-bond acceptors (Lipinski definition) is 11. The summed E-state index contributed by atoms with van der Waals surface area (Å²) in [7, 11) is 1.72. The van der Waals surface area contributed by atoms with Crippen molar-refractivity contribution in [3.05, 3.63) is 23.9 Å². The Morgan fingerprint density at radius 1 is 1.12 bits per heavy atom. The van der Waals surface area contributed by atoms with Crippen LogP contribution in [0.1, 0.15) is 5.56 Å². The fourth-order valence-corrected chi connectivity index (χ4v) is 2.96. The fraction of sp³-hybridized carbons (Fsp3) is 0.214. The smallest absolute Gasteiger partial charge is 0.250 e. The maximum atomic E-state index is 10.2. The van der Waals surface area contributed by atoms with Gasteiger partial charge in [-0.15, -0.1) is 20.5 Å². The van der Waals surface area contributed by atoms with Gasteiger partial charge in [-0.25, -0.2) is 4.68 Å². The molecule has 0 unspecified atom stereocenters. The highest BCUT2D eigenvalue weighted by atomic mass is 32.2. The second-order valence-corrected chi connectivity index (χ2v) is 6.52. The minimum atomic E-state index is -0.194. The number of phenolic OH excluding ortho intramolecular Hbond substituents is 2. The standard InChI is InChI=1S/C14H14N8O2S2/c1-7-11(23)8(17-19-10-4-5-15-22(10)2)6-9(12(7)24)18-20-13-16-14(25-3)21-26-13/h4-6,23-24H,1-3H3. The van der Waals surface area contributed by atoms with Crippen LogP contribution in [0.15, 0.2) is 43.9 Å². The molecule has 2 N–H and O–H groups in total. The first kappa shape index (κ1) is 17.9. The highest BCUT2D eigenvalue weighted by molar-refractivity contribution is 7.98. The van der Waals surface area contributed by atoms with E-state index in [1.807, 2.05) is 6.26 Å². The number of azo groups is 2. The van der Waals surface area contributed by atoms with Crippen molar-refractivity contribution in [1.82, 2.24) is 19.1 Å². The van der Waals surface area contributed by atoms with Crippen LogP contribution in [0.3, 0.4) is 0 Å². The highest BCUT2D eigenvalue weighted by Crippen LogP contribution is 2.43. The summed E-state index contributed by atoms with van der Waals surface area (Å²) in [4.78, 5) is 4.14. The molecule has 12 heteroatoms. The summed E-state index contributed by atoms with van der Waals surface area (Å²) >= 11 is 2.49. The molecule has 3 rings (SSSR count). The van der Waals surface area contributed by atoms with Crippen LogP contribution in [-0.2, 0) is 7.05 Å². The van der Waals surface area contributed by atoms with Gasteiger partial charge < -0.3 is 10.2 Å². The van der Waals surface area contributed by atoms with Gasteiger partial charge in [0.2, 0.25) is 10.3 Å². The number of rotatable bonds is 5. The molecule has 2 aromatic heterocycles. The first-order valence-electron chi connectivity index (χ1n) is 7.24. The van der Waals surface area contributed by atoms with Gasteiger partial charge in [-0.3, -0.25) is 0 Å². The molecule has 2 heterocycles. The van der Waals surface area contributed by atoms with Crippen molar-refractivity contribution in [1.29, 1.82) is 0 Å². The van der Waals surface area contributed by atoms with E-state index in [1.54, 1.807) is 26.2 Å². The maximum absolute atomic E-state index is 10.2. The predicted molar refractivity (Wildman–Crippen MR) is 97.8 cm³/mol. The zero-order valence-electron chi connectivity index (χ0n) is 14.0. The van der Waals surface area contributed by atoms with Crippen molar-refractivity contribution in [3.8, 4) is 11.5 Å². The molecule has 3 aromatic rings. The van der Waals surface area contributed by atoms with E-state index in [-0.39, 0.29) is 28.4 Å². The molecule has 0 aliphatic rings. The third-order valence-corrected chi connectivity index (χ3v) is 4.61. The lowest BCUT2D eigenvalue weighted by molar-refractivity contribution is 0.444. The minimum absolute atomic E-state index is 0.139. The fourth-order valence-electron chi connectivity index (χ4n) is 1.91. The van der Waals surface area contributed by atoms with Crippen molar-refractivity contribution in [2.45, 2.75) is 12.1 Å². The number of thioether (sulfide) groups is 1. The molecule has 0 aliphatic carbocycles. The molecule has 0 atom stereocenters. The van der Waals surface area contributed by atoms with Crippen LogP contribution in [0.2, 0.25) is 0 Å². The van der Waals surface area contributed by atoms with Gasteiger partial charge in [-0.1, -0.05) is 11.8 Å². The molecule has 0 saturated carbocycles. The number of aromatic hydroxyl groups is 2. The van der Waals surface area contributed by atoms with E-state index in [1.165, 1.54) is 22.5 Å². The summed E-state index contributed by atoms with van der Waals surface area (Å²) < 4.78 is 5.62. The molecule has 0 saturated heterocycles. The van der Waals surface area contributed by atoms with Gasteiger partial charge in [0.25, 0.3) is 0 Å². The highest BCUT2D eigenvalue weighted by Gasteiger charge is 2.14. The van der Waals surface area contributed by atoms with Crippen LogP contribution in [0, 0.1) is 6.92 Å². The summed E-state index contributed by atoms with van der Waals surface area (Å²) in [6.45, 7) is 1.55. The lowest BCUT2D eigenvalue weighted by Crippen LogP contribution is -1.87. The number of hydrogen-bond donors (Lipinski definition) is 2. The summed E-state index contributed by atoms with van der Waals surface area (Å²) in [5.41, 5.74) is 0.514. The minimum Gasteiger partial charge on any atom is -0.505 e. The third-order valence-electron chi connectivity index (χ3n) is 3.35. The van der Waals surface area contributed by atoms with Crippen LogP contribution in [-0.4, -0.2) is 35.6 Å². The molecule has 134 valence electrons. The average Bonchev–Trinajstić information content (AvgIpc) is 3.27. The van der Waals surface area contributed by atoms with Gasteiger partial charge in [-0.2, -0.15) is 14.5 Å². The van der Waals surface area contributed by atoms with Gasteiger partial charge in [-0.05, 0) is 13.2 Å². The topological polar surface area (TPSA) is 134 Å². The van der Waals surface area contributed by atoms with E-state index < -0.39 is 0 Å². The SMILES string of the molecule is CSc1nsc(N=Nc2cc(N=Nc3ccnn3C)c(O)c(C)c2O)n1. The Kier molecular flexibility index (Phi) is 5.23. The number of phenols is 2. The first-order valence-corrected chi connectivity index (χ1v) is 9.24. The van der Waals surface area contributed by atoms with E-state index in [9.17, 15) is 10.2 Å². The lowest BCUT2D eigenvalue weighted by atomic mass is 10.1. The summed E-state index contributed by atoms with van der Waals surface area (Å²) in [6, 6.07) is 3.06. The summed E-state index contributed by atoms with van der Waals surface area (Å²) in [5.74, 6) is 0.130. The average molecular weight is 390 g/mol. The molecule has 0 fully saturated rings. The Bertz CT molecular complexity index is 995. The van der Waals surface area contributed by atoms with Crippen LogP contribution >= 0.6 is 23.3 Å². The second-order valence-electron chi connectivity index (χ2n) is 5.01. The van der Waals surface area contributed by atoms with E-state index in [0.29, 0.717) is 16.1 Å². The van der Waals surface area contributed by atoms with Crippen LogP contribution in [0.4, 0.5) is 22.3 Å². The van der Waals surface area contributed by atoms with Crippen LogP contribution in [0.5, 0.6) is 11.5 Å². The molecule has 0 amide bonds. The van der Waals surface area contributed by atoms with Crippen molar-refractivity contribution >= 4 is 45.6 Å². The van der Waals surface area contributed by atoms with Crippen molar-refractivity contribution in [2.24, 2.45) is 27.5 Å². The molecule has 0 aliphatic heterocycles. The molecule has 10 nitrogen and oxygen atoms in total. The van der Waals surface area contributed by atoms with Gasteiger partial charge in [0.1, 0.15) is 22.9 Å². The number of aromatic nitrogens is 4.